The molecule has 0 saturated carbocycles. The second-order valence-corrected chi connectivity index (χ2v) is 7.15. The van der Waals surface area contributed by atoms with Gasteiger partial charge in [0.15, 0.2) is 0 Å². The highest BCUT2D eigenvalue weighted by atomic mass is 19.4. The van der Waals surface area contributed by atoms with E-state index in [2.05, 4.69) is 5.10 Å². The number of carbonyl (C=O) groups is 2. The van der Waals surface area contributed by atoms with E-state index in [0.717, 1.165) is 17.7 Å². The van der Waals surface area contributed by atoms with Gasteiger partial charge in [0.05, 0.1) is 41.4 Å². The minimum atomic E-state index is -4.47. The average Bonchev–Trinajstić information content (AvgIpc) is 3.35. The molecule has 0 radical (unpaired) electrons. The summed E-state index contributed by atoms with van der Waals surface area (Å²) < 4.78 is 45.2. The second-order valence-electron chi connectivity index (χ2n) is 7.15. The number of carbonyl (C=O) groups excluding carboxylic acids is 2. The Morgan fingerprint density at radius 2 is 1.90 bits per heavy atom. The molecule has 160 valence electrons. The Morgan fingerprint density at radius 3 is 2.61 bits per heavy atom. The van der Waals surface area contributed by atoms with Crippen molar-refractivity contribution in [1.29, 1.82) is 0 Å². The zero-order valence-corrected chi connectivity index (χ0v) is 16.7. The number of benzene rings is 2. The zero-order valence-electron chi connectivity index (χ0n) is 16.7. The van der Waals surface area contributed by atoms with E-state index < -0.39 is 17.7 Å². The summed E-state index contributed by atoms with van der Waals surface area (Å²) in [6, 6.07) is 9.77. The van der Waals surface area contributed by atoms with E-state index in [4.69, 9.17) is 4.74 Å². The van der Waals surface area contributed by atoms with Crippen molar-refractivity contribution in [3.63, 3.8) is 0 Å². The number of anilines is 1. The smallest absolute Gasteiger partial charge is 0.416 e. The molecule has 6 nitrogen and oxygen atoms in total. The lowest BCUT2D eigenvalue weighted by molar-refractivity contribution is -0.137. The summed E-state index contributed by atoms with van der Waals surface area (Å²) in [4.78, 5) is 26.5. The number of alkyl halides is 3. The number of ether oxygens (including phenoxy) is 1. The number of esters is 1. The highest BCUT2D eigenvalue weighted by molar-refractivity contribution is 6.08. The molecule has 0 fully saturated rings. The Morgan fingerprint density at radius 1 is 1.13 bits per heavy atom. The zero-order chi connectivity index (χ0) is 22.3. The minimum absolute atomic E-state index is 0.218. The SMILES string of the molecule is COC(=O)c1ccc2c(c1)CCN2C(=O)c1cnn(-c2cccc(C(F)(F)F)c2)c1C. The van der Waals surface area contributed by atoms with Crippen LogP contribution in [0.1, 0.15) is 37.5 Å². The maximum atomic E-state index is 13.2. The molecule has 1 aliphatic heterocycles. The van der Waals surface area contributed by atoms with Gasteiger partial charge in [0.1, 0.15) is 0 Å². The summed E-state index contributed by atoms with van der Waals surface area (Å²) in [7, 11) is 1.30. The van der Waals surface area contributed by atoms with Crippen LogP contribution in [-0.4, -0.2) is 35.3 Å². The maximum Gasteiger partial charge on any atom is 0.416 e. The fraction of sp³-hybridized carbons (Fsp3) is 0.227. The molecule has 2 heterocycles. The molecular formula is C22H18F3N3O3. The minimum Gasteiger partial charge on any atom is -0.465 e. The number of amides is 1. The van der Waals surface area contributed by atoms with E-state index in [1.807, 2.05) is 0 Å². The molecule has 0 saturated heterocycles. The Kier molecular flexibility index (Phi) is 5.04. The second kappa shape index (κ2) is 7.57. The molecule has 3 aromatic rings. The van der Waals surface area contributed by atoms with Gasteiger partial charge in [0, 0.05) is 12.2 Å². The molecule has 2 aromatic carbocycles. The third-order valence-corrected chi connectivity index (χ3v) is 5.30. The number of fused-ring (bicyclic) bond motifs is 1. The van der Waals surface area contributed by atoms with Crippen LogP contribution in [0.25, 0.3) is 5.69 Å². The molecule has 0 atom stereocenters. The van der Waals surface area contributed by atoms with Gasteiger partial charge < -0.3 is 9.64 Å². The van der Waals surface area contributed by atoms with E-state index in [1.165, 1.54) is 30.1 Å². The average molecular weight is 429 g/mol. The van der Waals surface area contributed by atoms with Crippen LogP contribution in [-0.2, 0) is 17.3 Å². The molecule has 0 aliphatic carbocycles. The van der Waals surface area contributed by atoms with Gasteiger partial charge in [0.2, 0.25) is 0 Å². The van der Waals surface area contributed by atoms with Crippen molar-refractivity contribution in [3.05, 3.63) is 76.6 Å². The number of rotatable bonds is 3. The number of hydrogen-bond acceptors (Lipinski definition) is 4. The molecule has 4 rings (SSSR count). The van der Waals surface area contributed by atoms with Crippen LogP contribution in [0.3, 0.4) is 0 Å². The van der Waals surface area contributed by atoms with Crippen molar-refractivity contribution in [2.24, 2.45) is 0 Å². The van der Waals surface area contributed by atoms with Crippen LogP contribution in [0.5, 0.6) is 0 Å². The Hall–Kier alpha value is -3.62. The largest absolute Gasteiger partial charge is 0.465 e. The molecule has 0 spiro atoms. The first-order valence-corrected chi connectivity index (χ1v) is 9.46. The van der Waals surface area contributed by atoms with Crippen LogP contribution < -0.4 is 4.90 Å². The number of aromatic nitrogens is 2. The van der Waals surface area contributed by atoms with Gasteiger partial charge in [-0.1, -0.05) is 6.07 Å². The standard InChI is InChI=1S/C22H18F3N3O3/c1-13-18(12-26-28(13)17-5-3-4-16(11-17)22(23,24)25)20(29)27-9-8-14-10-15(21(30)31-2)6-7-19(14)27/h3-7,10-12H,8-9H2,1-2H3. The number of nitrogens with zero attached hydrogens (tertiary/aromatic N) is 3. The topological polar surface area (TPSA) is 64.4 Å². The Bertz CT molecular complexity index is 1180. The summed E-state index contributed by atoms with van der Waals surface area (Å²) in [5, 5.41) is 4.15. The van der Waals surface area contributed by atoms with E-state index in [0.29, 0.717) is 35.5 Å². The van der Waals surface area contributed by atoms with E-state index in [-0.39, 0.29) is 11.6 Å². The Labute approximate surface area is 175 Å². The lowest BCUT2D eigenvalue weighted by atomic mass is 10.1. The highest BCUT2D eigenvalue weighted by Gasteiger charge is 2.31. The molecule has 31 heavy (non-hydrogen) atoms. The molecule has 1 aromatic heterocycles. The molecule has 0 unspecified atom stereocenters. The first kappa shape index (κ1) is 20.6. The van der Waals surface area contributed by atoms with Gasteiger partial charge in [-0.25, -0.2) is 9.48 Å². The number of hydrogen-bond donors (Lipinski definition) is 0. The van der Waals surface area contributed by atoms with Crippen LogP contribution in [0, 0.1) is 6.92 Å². The van der Waals surface area contributed by atoms with Crippen molar-refractivity contribution >= 4 is 17.6 Å². The molecule has 0 N–H and O–H groups in total. The van der Waals surface area contributed by atoms with Crippen molar-refractivity contribution in [2.45, 2.75) is 19.5 Å². The van der Waals surface area contributed by atoms with Crippen LogP contribution in [0.15, 0.2) is 48.7 Å². The van der Waals surface area contributed by atoms with E-state index >= 15 is 0 Å². The summed E-state index contributed by atoms with van der Waals surface area (Å²) in [6.45, 7) is 2.06. The van der Waals surface area contributed by atoms with Gasteiger partial charge in [0.25, 0.3) is 5.91 Å². The van der Waals surface area contributed by atoms with Crippen molar-refractivity contribution in [3.8, 4) is 5.69 Å². The van der Waals surface area contributed by atoms with Gasteiger partial charge in [-0.2, -0.15) is 18.3 Å². The molecule has 0 bridgehead atoms. The third kappa shape index (κ3) is 3.67. The van der Waals surface area contributed by atoms with Gasteiger partial charge in [-0.15, -0.1) is 0 Å². The van der Waals surface area contributed by atoms with E-state index in [9.17, 15) is 22.8 Å². The predicted octanol–water partition coefficient (Wildman–Crippen LogP) is 4.19. The van der Waals surface area contributed by atoms with Gasteiger partial charge in [-0.05, 0) is 55.3 Å². The number of methoxy groups -OCH3 is 1. The van der Waals surface area contributed by atoms with Crippen molar-refractivity contribution < 1.29 is 27.5 Å². The summed E-state index contributed by atoms with van der Waals surface area (Å²) in [5.74, 6) is -0.758. The molecule has 1 amide bonds. The van der Waals surface area contributed by atoms with Gasteiger partial charge in [-0.3, -0.25) is 4.79 Å². The number of halogens is 3. The Balaban J connectivity index is 1.64. The summed E-state index contributed by atoms with van der Waals surface area (Å²) in [5.41, 5.74) is 2.09. The van der Waals surface area contributed by atoms with Crippen LogP contribution in [0.4, 0.5) is 18.9 Å². The fourth-order valence-electron chi connectivity index (χ4n) is 3.70. The molecule has 1 aliphatic rings. The monoisotopic (exact) mass is 429 g/mol. The third-order valence-electron chi connectivity index (χ3n) is 5.30. The lowest BCUT2D eigenvalue weighted by Crippen LogP contribution is -2.29. The molecular weight excluding hydrogens is 411 g/mol. The maximum absolute atomic E-state index is 13.2. The fourth-order valence-corrected chi connectivity index (χ4v) is 3.70. The highest BCUT2D eigenvalue weighted by Crippen LogP contribution is 2.32. The lowest BCUT2D eigenvalue weighted by Gasteiger charge is -2.17. The van der Waals surface area contributed by atoms with Crippen LogP contribution in [0.2, 0.25) is 0 Å². The van der Waals surface area contributed by atoms with Crippen molar-refractivity contribution in [1.82, 2.24) is 9.78 Å². The molecule has 9 heteroatoms. The van der Waals surface area contributed by atoms with E-state index in [1.54, 1.807) is 30.0 Å². The van der Waals surface area contributed by atoms with Crippen LogP contribution >= 0.6 is 0 Å². The summed E-state index contributed by atoms with van der Waals surface area (Å²) >= 11 is 0. The normalized spacial score (nSPS) is 13.3. The summed E-state index contributed by atoms with van der Waals surface area (Å²) in [6.07, 6.45) is -2.54. The first-order valence-electron chi connectivity index (χ1n) is 9.46. The quantitative estimate of drug-likeness (QED) is 0.586. The predicted molar refractivity (Wildman–Crippen MR) is 106 cm³/mol. The first-order chi connectivity index (χ1) is 14.7. The van der Waals surface area contributed by atoms with Crippen molar-refractivity contribution in [2.75, 3.05) is 18.6 Å². The van der Waals surface area contributed by atoms with Gasteiger partial charge >= 0.3 is 12.1 Å².